The van der Waals surface area contributed by atoms with Gasteiger partial charge in [0.1, 0.15) is 6.04 Å². The van der Waals surface area contributed by atoms with Gasteiger partial charge in [-0.15, -0.1) is 0 Å². The molecule has 0 radical (unpaired) electrons. The second-order valence-electron chi connectivity index (χ2n) is 7.33. The fourth-order valence-corrected chi connectivity index (χ4v) is 5.19. The Bertz CT molecular complexity index is 866. The lowest BCUT2D eigenvalue weighted by atomic mass is 9.55. The molecule has 1 N–H and O–H groups in total. The molecule has 26 heavy (non-hydrogen) atoms. The number of carbonyl (C=O) groups is 3. The predicted octanol–water partition coefficient (Wildman–Crippen LogP) is 2.35. The summed E-state index contributed by atoms with van der Waals surface area (Å²) in [4.78, 5) is 38.7. The molecule has 1 saturated heterocycles. The number of amides is 2. The number of carboxylic acids is 1. The molecule has 1 fully saturated rings. The summed E-state index contributed by atoms with van der Waals surface area (Å²) < 4.78 is 0. The number of likely N-dealkylation sites (tertiary alicyclic amines) is 1. The summed E-state index contributed by atoms with van der Waals surface area (Å²) in [7, 11) is 0. The van der Waals surface area contributed by atoms with Crippen LogP contribution in [0.5, 0.6) is 0 Å². The third kappa shape index (κ3) is 1.68. The summed E-state index contributed by atoms with van der Waals surface area (Å²) in [5, 5.41) is 9.36. The zero-order chi connectivity index (χ0) is 18.2. The smallest absolute Gasteiger partial charge is 0.326 e. The van der Waals surface area contributed by atoms with E-state index in [1.165, 1.54) is 6.92 Å². The van der Waals surface area contributed by atoms with Gasteiger partial charge >= 0.3 is 5.97 Å². The van der Waals surface area contributed by atoms with Gasteiger partial charge in [-0.1, -0.05) is 48.5 Å². The molecule has 4 aliphatic rings. The zero-order valence-electron chi connectivity index (χ0n) is 14.1. The second-order valence-corrected chi connectivity index (χ2v) is 7.33. The van der Waals surface area contributed by atoms with Crippen molar-refractivity contribution in [2.24, 2.45) is 11.8 Å². The van der Waals surface area contributed by atoms with Crippen LogP contribution in [0, 0.1) is 11.8 Å². The van der Waals surface area contributed by atoms with E-state index in [1.54, 1.807) is 0 Å². The van der Waals surface area contributed by atoms with E-state index in [4.69, 9.17) is 0 Å². The number of hydrogen-bond donors (Lipinski definition) is 1. The average molecular weight is 347 g/mol. The van der Waals surface area contributed by atoms with Gasteiger partial charge in [-0.2, -0.15) is 0 Å². The van der Waals surface area contributed by atoms with Gasteiger partial charge in [0, 0.05) is 11.8 Å². The number of imide groups is 1. The van der Waals surface area contributed by atoms with Crippen molar-refractivity contribution in [1.82, 2.24) is 4.90 Å². The number of nitrogens with zero attached hydrogens (tertiary/aromatic N) is 1. The van der Waals surface area contributed by atoms with Crippen molar-refractivity contribution in [2.75, 3.05) is 0 Å². The Morgan fingerprint density at radius 1 is 0.846 bits per heavy atom. The van der Waals surface area contributed by atoms with Crippen LogP contribution in [-0.2, 0) is 14.4 Å². The third-order valence-corrected chi connectivity index (χ3v) is 6.23. The molecule has 0 saturated carbocycles. The van der Waals surface area contributed by atoms with Crippen molar-refractivity contribution in [2.45, 2.75) is 24.8 Å². The topological polar surface area (TPSA) is 74.7 Å². The Balaban J connectivity index is 1.74. The number of rotatable bonds is 2. The van der Waals surface area contributed by atoms with Gasteiger partial charge in [-0.05, 0) is 29.2 Å². The maximum absolute atomic E-state index is 13.1. The van der Waals surface area contributed by atoms with Crippen molar-refractivity contribution in [1.29, 1.82) is 0 Å². The fraction of sp³-hybridized carbons (Fsp3) is 0.286. The van der Waals surface area contributed by atoms with Crippen molar-refractivity contribution in [3.05, 3.63) is 70.8 Å². The summed E-state index contributed by atoms with van der Waals surface area (Å²) in [6, 6.07) is 14.8. The minimum atomic E-state index is -1.16. The van der Waals surface area contributed by atoms with Gasteiger partial charge in [-0.25, -0.2) is 4.79 Å². The Morgan fingerprint density at radius 2 is 1.19 bits per heavy atom. The third-order valence-electron chi connectivity index (χ3n) is 6.23. The van der Waals surface area contributed by atoms with Crippen molar-refractivity contribution in [3.8, 4) is 0 Å². The van der Waals surface area contributed by atoms with Crippen LogP contribution in [0.2, 0.25) is 0 Å². The number of hydrogen-bond acceptors (Lipinski definition) is 3. The van der Waals surface area contributed by atoms with Gasteiger partial charge in [0.05, 0.1) is 11.8 Å². The molecular weight excluding hydrogens is 330 g/mol. The van der Waals surface area contributed by atoms with E-state index in [0.717, 1.165) is 27.2 Å². The fourth-order valence-electron chi connectivity index (χ4n) is 5.19. The molecule has 1 aliphatic heterocycles. The van der Waals surface area contributed by atoms with Crippen molar-refractivity contribution >= 4 is 17.8 Å². The number of carboxylic acid groups (broad SMARTS) is 1. The number of aliphatic carboxylic acids is 1. The van der Waals surface area contributed by atoms with E-state index in [9.17, 15) is 19.5 Å². The minimum Gasteiger partial charge on any atom is -0.480 e. The Morgan fingerprint density at radius 3 is 1.50 bits per heavy atom. The molecule has 5 nitrogen and oxygen atoms in total. The maximum atomic E-state index is 13.1. The summed E-state index contributed by atoms with van der Waals surface area (Å²) in [5.41, 5.74) is 4.35. The Labute approximate surface area is 150 Å². The SMILES string of the molecule is CC(C(=O)O)N1C(=O)C2C3c4ccccc4C(c4ccccc43)[C@@H]2C1=O. The molecule has 5 heteroatoms. The highest BCUT2D eigenvalue weighted by molar-refractivity contribution is 6.09. The lowest BCUT2D eigenvalue weighted by molar-refractivity contribution is -0.154. The molecule has 0 spiro atoms. The van der Waals surface area contributed by atoms with Gasteiger partial charge in [0.15, 0.2) is 0 Å². The zero-order valence-corrected chi connectivity index (χ0v) is 14.1. The Hall–Kier alpha value is -2.95. The molecule has 130 valence electrons. The molecule has 2 aromatic carbocycles. The highest BCUT2D eigenvalue weighted by Gasteiger charge is 2.62. The van der Waals surface area contributed by atoms with Crippen LogP contribution in [0.15, 0.2) is 48.5 Å². The first-order valence-corrected chi connectivity index (χ1v) is 8.79. The van der Waals surface area contributed by atoms with Gasteiger partial charge < -0.3 is 5.11 Å². The van der Waals surface area contributed by atoms with Crippen LogP contribution in [-0.4, -0.2) is 33.8 Å². The largest absolute Gasteiger partial charge is 0.480 e. The molecule has 2 unspecified atom stereocenters. The van der Waals surface area contributed by atoms with Gasteiger partial charge in [0.25, 0.3) is 0 Å². The van der Waals surface area contributed by atoms with E-state index in [0.29, 0.717) is 0 Å². The molecule has 0 aromatic heterocycles. The van der Waals surface area contributed by atoms with Crippen LogP contribution in [0.25, 0.3) is 0 Å². The average Bonchev–Trinajstić information content (AvgIpc) is 2.92. The molecule has 2 amide bonds. The summed E-state index contributed by atoms with van der Waals surface area (Å²) in [6.45, 7) is 1.40. The molecular formula is C21H17NO4. The highest BCUT2D eigenvalue weighted by atomic mass is 16.4. The van der Waals surface area contributed by atoms with Crippen LogP contribution < -0.4 is 0 Å². The highest BCUT2D eigenvalue weighted by Crippen LogP contribution is 2.61. The maximum Gasteiger partial charge on any atom is 0.326 e. The number of carbonyl (C=O) groups excluding carboxylic acids is 2. The van der Waals surface area contributed by atoms with Crippen LogP contribution in [0.4, 0.5) is 0 Å². The lowest BCUT2D eigenvalue weighted by Crippen LogP contribution is -2.43. The number of benzene rings is 2. The molecule has 1 heterocycles. The molecule has 2 aromatic rings. The van der Waals surface area contributed by atoms with Crippen LogP contribution in [0.1, 0.15) is 41.0 Å². The minimum absolute atomic E-state index is 0.195. The molecule has 3 atom stereocenters. The van der Waals surface area contributed by atoms with E-state index in [1.807, 2.05) is 48.5 Å². The summed E-state index contributed by atoms with van der Waals surface area (Å²) >= 11 is 0. The quantitative estimate of drug-likeness (QED) is 0.846. The van der Waals surface area contributed by atoms with Crippen LogP contribution >= 0.6 is 0 Å². The second kappa shape index (κ2) is 5.04. The van der Waals surface area contributed by atoms with Crippen molar-refractivity contribution in [3.63, 3.8) is 0 Å². The molecule has 6 rings (SSSR count). The van der Waals surface area contributed by atoms with E-state index in [-0.39, 0.29) is 23.7 Å². The van der Waals surface area contributed by atoms with E-state index >= 15 is 0 Å². The van der Waals surface area contributed by atoms with Gasteiger partial charge in [-0.3, -0.25) is 14.5 Å². The van der Waals surface area contributed by atoms with Crippen molar-refractivity contribution < 1.29 is 19.5 Å². The first-order chi connectivity index (χ1) is 12.5. The predicted molar refractivity (Wildman–Crippen MR) is 92.5 cm³/mol. The monoisotopic (exact) mass is 347 g/mol. The standard InChI is InChI=1S/C21H17NO4/c1-10(21(25)26)22-19(23)17-15-11-6-2-3-7-12(11)16(18(17)20(22)24)14-9-5-4-8-13(14)15/h2-10,15-18H,1H3,(H,25,26)/t10?,15?,16?,17-,18?/m0/s1. The van der Waals surface area contributed by atoms with E-state index in [2.05, 4.69) is 0 Å². The molecule has 3 aliphatic carbocycles. The van der Waals surface area contributed by atoms with Gasteiger partial charge in [0.2, 0.25) is 11.8 Å². The lowest BCUT2D eigenvalue weighted by Gasteiger charge is -2.45. The Kier molecular flexibility index (Phi) is 2.97. The first-order valence-electron chi connectivity index (χ1n) is 8.79. The normalized spacial score (nSPS) is 29.2. The summed E-state index contributed by atoms with van der Waals surface area (Å²) in [6.07, 6.45) is 0. The summed E-state index contributed by atoms with van der Waals surface area (Å²) in [5.74, 6) is -3.28. The van der Waals surface area contributed by atoms with Crippen LogP contribution in [0.3, 0.4) is 0 Å². The van der Waals surface area contributed by atoms with E-state index < -0.39 is 23.8 Å². The molecule has 2 bridgehead atoms. The first kappa shape index (κ1) is 15.3.